The van der Waals surface area contributed by atoms with Crippen LogP contribution in [0.25, 0.3) is 0 Å². The molecule has 8 heavy (non-hydrogen) atoms. The predicted molar refractivity (Wildman–Crippen MR) is 32.4 cm³/mol. The Morgan fingerprint density at radius 2 is 2.25 bits per heavy atom. The summed E-state index contributed by atoms with van der Waals surface area (Å²) in [6, 6.07) is 0. The zero-order valence-corrected chi connectivity index (χ0v) is 5.01. The van der Waals surface area contributed by atoms with Crippen molar-refractivity contribution in [3.05, 3.63) is 0 Å². The first kappa shape index (κ1) is 6.05. The smallest absolute Gasteiger partial charge is 0.0573 e. The van der Waals surface area contributed by atoms with Crippen molar-refractivity contribution in [1.29, 1.82) is 0 Å². The van der Waals surface area contributed by atoms with Gasteiger partial charge in [0.1, 0.15) is 0 Å². The summed E-state index contributed by atoms with van der Waals surface area (Å²) in [6.45, 7) is 0.767. The predicted octanol–water partition coefficient (Wildman–Crippen LogP) is 0.106. The van der Waals surface area contributed by atoms with Gasteiger partial charge in [0, 0.05) is 0 Å². The molecule has 48 valence electrons. The van der Waals surface area contributed by atoms with E-state index >= 15 is 0 Å². The third kappa shape index (κ3) is 1.46. The van der Waals surface area contributed by atoms with Gasteiger partial charge >= 0.3 is 0 Å². The van der Waals surface area contributed by atoms with Crippen molar-refractivity contribution >= 4 is 0 Å². The molecule has 1 fully saturated rings. The van der Waals surface area contributed by atoms with E-state index in [0.717, 1.165) is 25.8 Å². The Morgan fingerprint density at radius 3 is 2.62 bits per heavy atom. The zero-order chi connectivity index (χ0) is 5.98. The van der Waals surface area contributed by atoms with Gasteiger partial charge in [-0.05, 0) is 31.7 Å². The number of aliphatic hydroxyl groups excluding tert-OH is 1. The van der Waals surface area contributed by atoms with Gasteiger partial charge in [-0.25, -0.2) is 0 Å². The number of hydrogen-bond donors (Lipinski definition) is 2. The molecule has 0 amide bonds. The summed E-state index contributed by atoms with van der Waals surface area (Å²) in [4.78, 5) is 0. The lowest BCUT2D eigenvalue weighted by atomic mass is 10.2. The fourth-order valence-corrected chi connectivity index (χ4v) is 0.922. The van der Waals surface area contributed by atoms with Crippen molar-refractivity contribution in [2.45, 2.75) is 25.4 Å². The van der Waals surface area contributed by atoms with E-state index in [1.165, 1.54) is 0 Å². The Bertz CT molecular complexity index is 74.9. The number of rotatable bonds is 3. The van der Waals surface area contributed by atoms with Gasteiger partial charge in [-0.3, -0.25) is 0 Å². The van der Waals surface area contributed by atoms with Crippen LogP contribution in [0.4, 0.5) is 0 Å². The van der Waals surface area contributed by atoms with Crippen LogP contribution >= 0.6 is 0 Å². The van der Waals surface area contributed by atoms with E-state index in [0.29, 0.717) is 5.92 Å². The summed E-state index contributed by atoms with van der Waals surface area (Å²) < 4.78 is 0. The molecule has 0 aliphatic heterocycles. The standard InChI is InChI=1S/C6H13NO/c7-3-1-2-5-4-6(5)8/h5-6,8H,1-4,7H2. The first-order chi connectivity index (χ1) is 3.84. The fraction of sp³-hybridized carbons (Fsp3) is 1.00. The molecule has 1 rings (SSSR count). The number of aliphatic hydroxyl groups is 1. The monoisotopic (exact) mass is 115 g/mol. The molecular formula is C6H13NO. The highest BCUT2D eigenvalue weighted by atomic mass is 16.3. The minimum absolute atomic E-state index is 0.0153. The average molecular weight is 115 g/mol. The van der Waals surface area contributed by atoms with Crippen molar-refractivity contribution < 1.29 is 5.11 Å². The Labute approximate surface area is 49.7 Å². The molecule has 0 aromatic carbocycles. The Morgan fingerprint density at radius 1 is 1.62 bits per heavy atom. The molecule has 1 aliphatic carbocycles. The van der Waals surface area contributed by atoms with Crippen molar-refractivity contribution in [3.63, 3.8) is 0 Å². The van der Waals surface area contributed by atoms with Crippen molar-refractivity contribution in [2.24, 2.45) is 11.7 Å². The van der Waals surface area contributed by atoms with Gasteiger partial charge in [0.05, 0.1) is 6.10 Å². The minimum Gasteiger partial charge on any atom is -0.393 e. The van der Waals surface area contributed by atoms with Crippen LogP contribution < -0.4 is 5.73 Å². The lowest BCUT2D eigenvalue weighted by Crippen LogP contribution is -1.99. The van der Waals surface area contributed by atoms with Crippen molar-refractivity contribution in [1.82, 2.24) is 0 Å². The van der Waals surface area contributed by atoms with E-state index < -0.39 is 0 Å². The van der Waals surface area contributed by atoms with Crippen LogP contribution in [0, 0.1) is 5.92 Å². The summed E-state index contributed by atoms with van der Waals surface area (Å²) in [5.41, 5.74) is 5.27. The van der Waals surface area contributed by atoms with Gasteiger partial charge in [0.2, 0.25) is 0 Å². The summed E-state index contributed by atoms with van der Waals surface area (Å²) >= 11 is 0. The lowest BCUT2D eigenvalue weighted by molar-refractivity contribution is 0.256. The van der Waals surface area contributed by atoms with E-state index in [1.54, 1.807) is 0 Å². The lowest BCUT2D eigenvalue weighted by Gasteiger charge is -1.91. The molecule has 2 heteroatoms. The highest BCUT2D eigenvalue weighted by Crippen LogP contribution is 2.33. The fourth-order valence-electron chi connectivity index (χ4n) is 0.922. The van der Waals surface area contributed by atoms with Crippen LogP contribution in [-0.4, -0.2) is 17.8 Å². The first-order valence-corrected chi connectivity index (χ1v) is 3.22. The van der Waals surface area contributed by atoms with Crippen LogP contribution in [-0.2, 0) is 0 Å². The van der Waals surface area contributed by atoms with Gasteiger partial charge in [0.25, 0.3) is 0 Å². The zero-order valence-electron chi connectivity index (χ0n) is 5.01. The number of hydrogen-bond acceptors (Lipinski definition) is 2. The normalized spacial score (nSPS) is 35.2. The maximum absolute atomic E-state index is 8.81. The molecule has 2 atom stereocenters. The quantitative estimate of drug-likeness (QED) is 0.548. The van der Waals surface area contributed by atoms with Crippen LogP contribution in [0.2, 0.25) is 0 Å². The summed E-state index contributed by atoms with van der Waals surface area (Å²) in [5, 5.41) is 8.81. The number of nitrogens with two attached hydrogens (primary N) is 1. The molecule has 0 saturated heterocycles. The summed E-state index contributed by atoms with van der Waals surface area (Å²) in [5.74, 6) is 0.596. The largest absolute Gasteiger partial charge is 0.393 e. The van der Waals surface area contributed by atoms with Crippen LogP contribution in [0.15, 0.2) is 0 Å². The Kier molecular flexibility index (Phi) is 1.86. The average Bonchev–Trinajstić information content (AvgIpc) is 2.42. The maximum atomic E-state index is 8.81. The molecule has 1 saturated carbocycles. The second-order valence-electron chi connectivity index (χ2n) is 2.49. The molecule has 2 unspecified atom stereocenters. The second-order valence-corrected chi connectivity index (χ2v) is 2.49. The van der Waals surface area contributed by atoms with Crippen molar-refractivity contribution in [3.8, 4) is 0 Å². The molecule has 0 aromatic rings. The molecule has 0 spiro atoms. The maximum Gasteiger partial charge on any atom is 0.0573 e. The molecule has 1 aliphatic rings. The van der Waals surface area contributed by atoms with E-state index in [4.69, 9.17) is 10.8 Å². The topological polar surface area (TPSA) is 46.2 Å². The highest BCUT2D eigenvalue weighted by Gasteiger charge is 2.33. The molecule has 3 N–H and O–H groups in total. The van der Waals surface area contributed by atoms with Crippen LogP contribution in [0.1, 0.15) is 19.3 Å². The Hall–Kier alpha value is -0.0800. The summed E-state index contributed by atoms with van der Waals surface area (Å²) in [7, 11) is 0. The van der Waals surface area contributed by atoms with E-state index in [2.05, 4.69) is 0 Å². The van der Waals surface area contributed by atoms with E-state index in [9.17, 15) is 0 Å². The SMILES string of the molecule is NCCCC1CC1O. The first-order valence-electron chi connectivity index (χ1n) is 3.22. The van der Waals surface area contributed by atoms with Gasteiger partial charge < -0.3 is 10.8 Å². The molecule has 0 radical (unpaired) electrons. The van der Waals surface area contributed by atoms with Gasteiger partial charge in [-0.15, -0.1) is 0 Å². The van der Waals surface area contributed by atoms with E-state index in [-0.39, 0.29) is 6.10 Å². The third-order valence-corrected chi connectivity index (χ3v) is 1.66. The molecule has 0 bridgehead atoms. The summed E-state index contributed by atoms with van der Waals surface area (Å²) in [6.07, 6.45) is 3.22. The molecule has 2 nitrogen and oxygen atoms in total. The highest BCUT2D eigenvalue weighted by molar-refractivity contribution is 4.85. The second kappa shape index (κ2) is 2.46. The van der Waals surface area contributed by atoms with Crippen molar-refractivity contribution in [2.75, 3.05) is 6.54 Å². The molecular weight excluding hydrogens is 102 g/mol. The molecule has 0 aromatic heterocycles. The van der Waals surface area contributed by atoms with Gasteiger partial charge in [-0.1, -0.05) is 0 Å². The third-order valence-electron chi connectivity index (χ3n) is 1.66. The van der Waals surface area contributed by atoms with Gasteiger partial charge in [0.15, 0.2) is 0 Å². The van der Waals surface area contributed by atoms with Crippen LogP contribution in [0.5, 0.6) is 0 Å². The minimum atomic E-state index is 0.0153. The van der Waals surface area contributed by atoms with Crippen LogP contribution in [0.3, 0.4) is 0 Å². The Balaban J connectivity index is 1.89. The van der Waals surface area contributed by atoms with E-state index in [1.807, 2.05) is 0 Å². The molecule has 0 heterocycles. The van der Waals surface area contributed by atoms with Gasteiger partial charge in [-0.2, -0.15) is 0 Å².